The minimum atomic E-state index is -3.24. The first-order valence-electron chi connectivity index (χ1n) is 13.9. The van der Waals surface area contributed by atoms with Crippen molar-refractivity contribution in [3.05, 3.63) is 63.1 Å². The topological polar surface area (TPSA) is 90.0 Å². The molecule has 1 spiro atoms. The molecule has 2 N–H and O–H groups in total. The molecule has 2 aromatic carbocycles. The van der Waals surface area contributed by atoms with Crippen molar-refractivity contribution in [3.8, 4) is 0 Å². The highest BCUT2D eigenvalue weighted by atomic mass is 35.5. The number of likely N-dealkylation sites (N-methyl/N-ethyl adjacent to an activating group) is 1. The van der Waals surface area contributed by atoms with Gasteiger partial charge in [0.15, 0.2) is 0 Å². The van der Waals surface area contributed by atoms with Gasteiger partial charge >= 0.3 is 5.97 Å². The smallest absolute Gasteiger partial charge is 0.310 e. The number of nitrogens with one attached hydrogen (secondary N) is 1. The quantitative estimate of drug-likeness (QED) is 0.433. The van der Waals surface area contributed by atoms with Gasteiger partial charge in [-0.25, -0.2) is 8.78 Å². The van der Waals surface area contributed by atoms with Crippen LogP contribution in [0.3, 0.4) is 0 Å². The molecule has 3 aliphatic heterocycles. The Hall–Kier alpha value is -2.75. The van der Waals surface area contributed by atoms with Crippen LogP contribution in [0.1, 0.15) is 57.7 Å². The number of alkyl halides is 2. The summed E-state index contributed by atoms with van der Waals surface area (Å²) in [5, 5.41) is 13.4. The lowest BCUT2D eigenvalue weighted by Crippen LogP contribution is -2.54. The molecular formula is C31H35Cl2F2N3O4. The van der Waals surface area contributed by atoms with E-state index in [9.17, 15) is 19.5 Å². The van der Waals surface area contributed by atoms with Gasteiger partial charge in [-0.1, -0.05) is 82.1 Å². The zero-order valence-corrected chi connectivity index (χ0v) is 25.9. The van der Waals surface area contributed by atoms with Crippen LogP contribution in [0, 0.1) is 11.8 Å². The lowest BCUT2D eigenvalue weighted by molar-refractivity contribution is -0.155. The van der Waals surface area contributed by atoms with Gasteiger partial charge in [0.25, 0.3) is 11.8 Å². The van der Waals surface area contributed by atoms with Gasteiger partial charge in [-0.05, 0) is 28.7 Å². The minimum absolute atomic E-state index is 0.0560. The molecule has 0 bridgehead atoms. The van der Waals surface area contributed by atoms with Crippen LogP contribution in [0.5, 0.6) is 0 Å². The van der Waals surface area contributed by atoms with Crippen molar-refractivity contribution in [2.24, 2.45) is 11.8 Å². The van der Waals surface area contributed by atoms with Gasteiger partial charge < -0.3 is 15.3 Å². The Morgan fingerprint density at radius 2 is 1.76 bits per heavy atom. The molecule has 0 aliphatic carbocycles. The molecule has 2 fully saturated rings. The van der Waals surface area contributed by atoms with E-state index in [0.29, 0.717) is 0 Å². The van der Waals surface area contributed by atoms with Crippen molar-refractivity contribution in [2.75, 3.05) is 25.5 Å². The molecule has 4 atom stereocenters. The second-order valence-corrected chi connectivity index (χ2v) is 14.4. The number of nitrogens with zero attached hydrogens (tertiary/aromatic N) is 2. The summed E-state index contributed by atoms with van der Waals surface area (Å²) in [7, 11) is 1.55. The second-order valence-electron chi connectivity index (χ2n) is 13.5. The van der Waals surface area contributed by atoms with Gasteiger partial charge in [0.1, 0.15) is 11.5 Å². The molecule has 0 radical (unpaired) electrons. The maximum Gasteiger partial charge on any atom is 0.310 e. The number of anilines is 1. The zero-order valence-electron chi connectivity index (χ0n) is 24.4. The summed E-state index contributed by atoms with van der Waals surface area (Å²) in [5.41, 5.74) is -0.421. The van der Waals surface area contributed by atoms with Gasteiger partial charge in [-0.3, -0.25) is 19.3 Å². The van der Waals surface area contributed by atoms with Crippen LogP contribution < -0.4 is 5.32 Å². The fourth-order valence-corrected chi connectivity index (χ4v) is 7.74. The SMILES string of the molecule is CN(CC(C)(C)c1cccc(C(C)(C)C)c1)C(=O)[C@H]1[C@H]2CC(F)(F)CN2[C@]2(C(=O)Nc3c(Cl)cc(Cl)cc32)[C@H]1C(=O)O. The first-order chi connectivity index (χ1) is 19.3. The van der Waals surface area contributed by atoms with Gasteiger partial charge in [0, 0.05) is 42.1 Å². The molecule has 42 heavy (non-hydrogen) atoms. The molecule has 0 saturated carbocycles. The van der Waals surface area contributed by atoms with Gasteiger partial charge in [-0.15, -0.1) is 0 Å². The van der Waals surface area contributed by atoms with Crippen LogP contribution in [0.4, 0.5) is 14.5 Å². The van der Waals surface area contributed by atoms with E-state index < -0.39 is 65.5 Å². The molecule has 5 rings (SSSR count). The summed E-state index contributed by atoms with van der Waals surface area (Å²) in [6.45, 7) is 9.59. The average Bonchev–Trinajstić information content (AvgIpc) is 3.44. The Labute approximate surface area is 254 Å². The molecule has 2 aromatic rings. The molecule has 3 heterocycles. The Morgan fingerprint density at radius 1 is 1.12 bits per heavy atom. The highest BCUT2D eigenvalue weighted by Crippen LogP contribution is 2.61. The fourth-order valence-electron chi connectivity index (χ4n) is 7.20. The number of carbonyl (C=O) groups is 3. The maximum absolute atomic E-state index is 15.1. The second kappa shape index (κ2) is 9.89. The molecule has 3 aliphatic rings. The third-order valence-electron chi connectivity index (χ3n) is 9.11. The van der Waals surface area contributed by atoms with E-state index in [-0.39, 0.29) is 33.3 Å². The number of carboxylic acids is 1. The minimum Gasteiger partial charge on any atom is -0.481 e. The molecule has 2 saturated heterocycles. The number of hydrogen-bond donors (Lipinski definition) is 2. The number of amides is 2. The molecule has 2 amide bonds. The van der Waals surface area contributed by atoms with Gasteiger partial charge in [0.05, 0.1) is 23.2 Å². The number of hydrogen-bond acceptors (Lipinski definition) is 4. The van der Waals surface area contributed by atoms with Crippen LogP contribution in [0.15, 0.2) is 36.4 Å². The third kappa shape index (κ3) is 4.68. The summed E-state index contributed by atoms with van der Waals surface area (Å²) >= 11 is 12.6. The summed E-state index contributed by atoms with van der Waals surface area (Å²) in [5.74, 6) is -9.18. The van der Waals surface area contributed by atoms with E-state index in [1.807, 2.05) is 32.0 Å². The van der Waals surface area contributed by atoms with Gasteiger partial charge in [-0.2, -0.15) is 0 Å². The van der Waals surface area contributed by atoms with Crippen molar-refractivity contribution in [2.45, 2.75) is 69.4 Å². The highest BCUT2D eigenvalue weighted by molar-refractivity contribution is 6.38. The van der Waals surface area contributed by atoms with Crippen LogP contribution in [0.25, 0.3) is 0 Å². The monoisotopic (exact) mass is 621 g/mol. The molecule has 7 nitrogen and oxygen atoms in total. The third-order valence-corrected chi connectivity index (χ3v) is 9.62. The van der Waals surface area contributed by atoms with E-state index >= 15 is 8.78 Å². The molecule has 0 unspecified atom stereocenters. The molecular weight excluding hydrogens is 587 g/mol. The number of aliphatic carboxylic acids is 1. The molecule has 0 aromatic heterocycles. The number of halogens is 4. The van der Waals surface area contributed by atoms with Crippen molar-refractivity contribution in [1.29, 1.82) is 0 Å². The fraction of sp³-hybridized carbons (Fsp3) is 0.516. The van der Waals surface area contributed by atoms with E-state index in [2.05, 4.69) is 32.2 Å². The number of fused-ring (bicyclic) bond motifs is 4. The Kier molecular flexibility index (Phi) is 7.23. The summed E-state index contributed by atoms with van der Waals surface area (Å²) in [6.07, 6.45) is -0.753. The van der Waals surface area contributed by atoms with E-state index in [1.54, 1.807) is 7.05 Å². The first-order valence-corrected chi connectivity index (χ1v) is 14.6. The van der Waals surface area contributed by atoms with Crippen LogP contribution in [-0.4, -0.2) is 64.8 Å². The standard InChI is InChI=1S/C31H35Cl2F2N3O4/c1-28(2,3)16-8-7-9-17(10-16)29(4,5)14-37(6)25(39)22-21-13-30(34,35)15-38(21)31(23(22)26(40)41)19-11-18(32)12-20(33)24(19)36-27(31)42/h7-12,21-23H,13-15H2,1-6H3,(H,36,42)(H,40,41)/t21-,22+,23-,31+/m1/s1. The average molecular weight is 623 g/mol. The van der Waals surface area contributed by atoms with Crippen molar-refractivity contribution >= 4 is 46.7 Å². The Morgan fingerprint density at radius 3 is 2.38 bits per heavy atom. The summed E-state index contributed by atoms with van der Waals surface area (Å²) in [4.78, 5) is 43.7. The summed E-state index contributed by atoms with van der Waals surface area (Å²) in [6, 6.07) is 9.65. The summed E-state index contributed by atoms with van der Waals surface area (Å²) < 4.78 is 30.1. The van der Waals surface area contributed by atoms with Crippen molar-refractivity contribution in [1.82, 2.24) is 9.80 Å². The Balaban J connectivity index is 1.57. The predicted molar refractivity (Wildman–Crippen MR) is 157 cm³/mol. The zero-order chi connectivity index (χ0) is 31.2. The first kappa shape index (κ1) is 30.7. The number of carbonyl (C=O) groups excluding carboxylic acids is 2. The van der Waals surface area contributed by atoms with Crippen LogP contribution in [0.2, 0.25) is 10.0 Å². The number of benzene rings is 2. The highest BCUT2D eigenvalue weighted by Gasteiger charge is 2.74. The number of rotatable bonds is 5. The Bertz CT molecular complexity index is 1490. The predicted octanol–water partition coefficient (Wildman–Crippen LogP) is 5.91. The van der Waals surface area contributed by atoms with E-state index in [1.165, 1.54) is 21.9 Å². The lowest BCUT2D eigenvalue weighted by atomic mass is 9.73. The van der Waals surface area contributed by atoms with E-state index in [4.69, 9.17) is 23.2 Å². The van der Waals surface area contributed by atoms with E-state index in [0.717, 1.165) is 11.1 Å². The van der Waals surface area contributed by atoms with Crippen molar-refractivity contribution in [3.63, 3.8) is 0 Å². The largest absolute Gasteiger partial charge is 0.481 e. The molecule has 226 valence electrons. The van der Waals surface area contributed by atoms with Crippen LogP contribution in [-0.2, 0) is 30.8 Å². The van der Waals surface area contributed by atoms with Crippen LogP contribution >= 0.6 is 23.2 Å². The maximum atomic E-state index is 15.1. The van der Waals surface area contributed by atoms with Crippen molar-refractivity contribution < 1.29 is 28.3 Å². The molecule has 11 heteroatoms. The van der Waals surface area contributed by atoms with Gasteiger partial charge in [0.2, 0.25) is 5.91 Å². The lowest BCUT2D eigenvalue weighted by Gasteiger charge is -2.36. The normalized spacial score (nSPS) is 26.7. The number of carboxylic acid groups (broad SMARTS) is 1.